The molecule has 0 aromatic carbocycles. The molecule has 0 bridgehead atoms. The van der Waals surface area contributed by atoms with Crippen LogP contribution in [0.2, 0.25) is 0 Å². The fourth-order valence-corrected chi connectivity index (χ4v) is 6.38. The molecule has 0 amide bonds. The van der Waals surface area contributed by atoms with Crippen LogP contribution in [0.5, 0.6) is 0 Å². The first-order valence-corrected chi connectivity index (χ1v) is 11.7. The van der Waals surface area contributed by atoms with Crippen molar-refractivity contribution in [2.45, 2.75) is 74.9 Å². The van der Waals surface area contributed by atoms with Crippen molar-refractivity contribution in [3.05, 3.63) is 18.3 Å². The van der Waals surface area contributed by atoms with Gasteiger partial charge in [-0.05, 0) is 51.7 Å². The topological polar surface area (TPSA) is 62.7 Å². The number of anilines is 1. The average molecular weight is 394 g/mol. The molecule has 4 rings (SSSR count). The third kappa shape index (κ3) is 3.87. The Hall–Kier alpha value is -1.18. The first-order chi connectivity index (χ1) is 12.8. The van der Waals surface area contributed by atoms with Gasteiger partial charge in [0.25, 0.3) is 0 Å². The molecule has 27 heavy (non-hydrogen) atoms. The molecule has 0 radical (unpaired) electrons. The highest BCUT2D eigenvalue weighted by Gasteiger charge is 2.46. The zero-order chi connectivity index (χ0) is 19.1. The predicted octanol–water partition coefficient (Wildman–Crippen LogP) is 3.18. The molecule has 3 fully saturated rings. The number of hydrogen-bond donors (Lipinski definition) is 0. The second kappa shape index (κ2) is 7.01. The fourth-order valence-electron chi connectivity index (χ4n) is 4.92. The molecule has 1 aromatic rings. The lowest BCUT2D eigenvalue weighted by molar-refractivity contribution is -0.148. The lowest BCUT2D eigenvalue weighted by atomic mass is 9.94. The second-order valence-corrected chi connectivity index (χ2v) is 10.9. The molecule has 0 atom stereocenters. The van der Waals surface area contributed by atoms with Crippen molar-refractivity contribution in [2.75, 3.05) is 31.1 Å². The zero-order valence-corrected chi connectivity index (χ0v) is 17.3. The van der Waals surface area contributed by atoms with E-state index in [1.54, 1.807) is 10.4 Å². The Bertz CT molecular complexity index is 764. The van der Waals surface area contributed by atoms with Crippen LogP contribution < -0.4 is 4.90 Å². The van der Waals surface area contributed by atoms with Gasteiger partial charge in [-0.15, -0.1) is 0 Å². The molecule has 150 valence electrons. The van der Waals surface area contributed by atoms with Crippen molar-refractivity contribution in [2.24, 2.45) is 0 Å². The Labute approximate surface area is 163 Å². The maximum Gasteiger partial charge on any atom is 0.244 e. The molecule has 3 aliphatic rings. The Balaban J connectivity index is 1.54. The third-order valence-electron chi connectivity index (χ3n) is 6.06. The van der Waals surface area contributed by atoms with E-state index >= 15 is 0 Å². The van der Waals surface area contributed by atoms with Crippen molar-refractivity contribution in [1.29, 1.82) is 0 Å². The van der Waals surface area contributed by atoms with E-state index in [4.69, 9.17) is 4.74 Å². The minimum Gasteiger partial charge on any atom is -0.365 e. The molecule has 1 saturated carbocycles. The van der Waals surface area contributed by atoms with Crippen molar-refractivity contribution >= 4 is 15.8 Å². The summed E-state index contributed by atoms with van der Waals surface area (Å²) in [5.41, 5.74) is -0.315. The average Bonchev–Trinajstić information content (AvgIpc) is 3.08. The highest BCUT2D eigenvalue weighted by Crippen LogP contribution is 2.41. The summed E-state index contributed by atoms with van der Waals surface area (Å²) in [6, 6.07) is 3.58. The Morgan fingerprint density at radius 3 is 2.33 bits per heavy atom. The zero-order valence-electron chi connectivity index (χ0n) is 16.5. The molecular formula is C20H31N3O3S. The van der Waals surface area contributed by atoms with E-state index in [1.807, 2.05) is 6.07 Å². The molecule has 6 nitrogen and oxygen atoms in total. The van der Waals surface area contributed by atoms with E-state index in [0.717, 1.165) is 51.0 Å². The number of piperidine rings is 1. The number of morpholine rings is 1. The second-order valence-electron chi connectivity index (χ2n) is 8.92. The Morgan fingerprint density at radius 1 is 1.00 bits per heavy atom. The lowest BCUT2D eigenvalue weighted by Gasteiger charge is -2.49. The van der Waals surface area contributed by atoms with E-state index in [0.29, 0.717) is 18.0 Å². The van der Waals surface area contributed by atoms with Gasteiger partial charge in [-0.3, -0.25) is 0 Å². The smallest absolute Gasteiger partial charge is 0.244 e. The Morgan fingerprint density at radius 2 is 1.70 bits per heavy atom. The van der Waals surface area contributed by atoms with Crippen molar-refractivity contribution in [3.8, 4) is 0 Å². The highest BCUT2D eigenvalue weighted by atomic mass is 32.2. The standard InChI is InChI=1S/C20H31N3O3S/c1-19(2)15-22(16-20(26-19)10-4-5-11-20)18-9-8-17(14-21-18)27(24,25)23-12-6-3-7-13-23/h8-9,14H,3-7,10-13,15-16H2,1-2H3. The van der Waals surface area contributed by atoms with Gasteiger partial charge < -0.3 is 9.64 Å². The summed E-state index contributed by atoms with van der Waals surface area (Å²) in [4.78, 5) is 7.12. The van der Waals surface area contributed by atoms with E-state index in [1.165, 1.54) is 19.0 Å². The van der Waals surface area contributed by atoms with E-state index < -0.39 is 10.0 Å². The van der Waals surface area contributed by atoms with Crippen LogP contribution >= 0.6 is 0 Å². The van der Waals surface area contributed by atoms with Gasteiger partial charge in [0.05, 0.1) is 11.2 Å². The molecule has 1 aliphatic carbocycles. The number of hydrogen-bond acceptors (Lipinski definition) is 5. The van der Waals surface area contributed by atoms with E-state index in [-0.39, 0.29) is 11.2 Å². The number of rotatable bonds is 3. The van der Waals surface area contributed by atoms with Crippen molar-refractivity contribution < 1.29 is 13.2 Å². The minimum atomic E-state index is -3.43. The Kier molecular flexibility index (Phi) is 4.97. The highest BCUT2D eigenvalue weighted by molar-refractivity contribution is 7.89. The van der Waals surface area contributed by atoms with Gasteiger partial charge >= 0.3 is 0 Å². The van der Waals surface area contributed by atoms with Gasteiger partial charge in [0.1, 0.15) is 10.7 Å². The summed E-state index contributed by atoms with van der Waals surface area (Å²) in [5.74, 6) is 0.843. The van der Waals surface area contributed by atoms with Crippen LogP contribution in [0.3, 0.4) is 0 Å². The minimum absolute atomic E-state index is 0.0814. The molecule has 7 heteroatoms. The third-order valence-corrected chi connectivity index (χ3v) is 7.94. The van der Waals surface area contributed by atoms with Gasteiger partial charge in [0.2, 0.25) is 10.0 Å². The SMILES string of the molecule is CC1(C)CN(c2ccc(S(=O)(=O)N3CCCCC3)cn2)CC2(CCCC2)O1. The number of pyridine rings is 1. The molecule has 0 unspecified atom stereocenters. The van der Waals surface area contributed by atoms with Crippen LogP contribution in [0.15, 0.2) is 23.2 Å². The first-order valence-electron chi connectivity index (χ1n) is 10.2. The van der Waals surface area contributed by atoms with E-state index in [2.05, 4.69) is 23.7 Å². The molecular weight excluding hydrogens is 362 g/mol. The van der Waals surface area contributed by atoms with Gasteiger partial charge in [-0.25, -0.2) is 13.4 Å². The van der Waals surface area contributed by atoms with E-state index in [9.17, 15) is 8.42 Å². The summed E-state index contributed by atoms with van der Waals surface area (Å²) in [5, 5.41) is 0. The number of aromatic nitrogens is 1. The molecule has 1 aromatic heterocycles. The molecule has 0 N–H and O–H groups in total. The molecule has 2 saturated heterocycles. The van der Waals surface area contributed by atoms with Crippen LogP contribution in [0, 0.1) is 0 Å². The maximum absolute atomic E-state index is 12.8. The van der Waals surface area contributed by atoms with Gasteiger partial charge in [0, 0.05) is 32.4 Å². The summed E-state index contributed by atoms with van der Waals surface area (Å²) in [6.45, 7) is 7.10. The summed E-state index contributed by atoms with van der Waals surface area (Å²) in [6.07, 6.45) is 9.13. The van der Waals surface area contributed by atoms with Crippen molar-refractivity contribution in [3.63, 3.8) is 0 Å². The first kappa shape index (κ1) is 19.2. The number of nitrogens with zero attached hydrogens (tertiary/aromatic N) is 3. The van der Waals surface area contributed by atoms with Crippen LogP contribution in [-0.4, -0.2) is 55.1 Å². The van der Waals surface area contributed by atoms with Crippen LogP contribution in [0.4, 0.5) is 5.82 Å². The normalized spacial score (nSPS) is 25.8. The number of ether oxygens (including phenoxy) is 1. The quantitative estimate of drug-likeness (QED) is 0.789. The van der Waals surface area contributed by atoms with Crippen molar-refractivity contribution in [1.82, 2.24) is 9.29 Å². The van der Waals surface area contributed by atoms with Gasteiger partial charge in [-0.1, -0.05) is 19.3 Å². The molecule has 3 heterocycles. The van der Waals surface area contributed by atoms with Crippen LogP contribution in [0.1, 0.15) is 58.8 Å². The van der Waals surface area contributed by atoms with Crippen LogP contribution in [-0.2, 0) is 14.8 Å². The fraction of sp³-hybridized carbons (Fsp3) is 0.750. The largest absolute Gasteiger partial charge is 0.365 e. The predicted molar refractivity (Wildman–Crippen MR) is 105 cm³/mol. The molecule has 2 aliphatic heterocycles. The summed E-state index contributed by atoms with van der Waals surface area (Å²) < 4.78 is 33.7. The summed E-state index contributed by atoms with van der Waals surface area (Å²) >= 11 is 0. The molecule has 1 spiro atoms. The van der Waals surface area contributed by atoms with Crippen LogP contribution in [0.25, 0.3) is 0 Å². The summed E-state index contributed by atoms with van der Waals surface area (Å²) in [7, 11) is -3.43. The maximum atomic E-state index is 12.8. The monoisotopic (exact) mass is 393 g/mol. The lowest BCUT2D eigenvalue weighted by Crippen LogP contribution is -2.59. The van der Waals surface area contributed by atoms with Gasteiger partial charge in [0.15, 0.2) is 0 Å². The number of sulfonamides is 1. The van der Waals surface area contributed by atoms with Gasteiger partial charge in [-0.2, -0.15) is 4.31 Å².